The Hall–Kier alpha value is -0.880. The van der Waals surface area contributed by atoms with Crippen LogP contribution in [-0.2, 0) is 23.7 Å². The van der Waals surface area contributed by atoms with Gasteiger partial charge in [0.05, 0.1) is 19.8 Å². The Morgan fingerprint density at radius 2 is 1.69 bits per heavy atom. The molecule has 0 aromatic carbocycles. The lowest BCUT2D eigenvalue weighted by molar-refractivity contribution is -0.228. The molecule has 0 N–H and O–H groups in total. The molecule has 0 aliphatic carbocycles. The molecule has 0 bridgehead atoms. The van der Waals surface area contributed by atoms with Crippen LogP contribution in [0.5, 0.6) is 0 Å². The Morgan fingerprint density at radius 1 is 1.00 bits per heavy atom. The van der Waals surface area contributed by atoms with E-state index >= 15 is 0 Å². The van der Waals surface area contributed by atoms with Crippen LogP contribution in [0.1, 0.15) is 59.3 Å². The van der Waals surface area contributed by atoms with Crippen molar-refractivity contribution in [3.8, 4) is 0 Å². The first-order valence-electron chi connectivity index (χ1n) is 10.2. The highest BCUT2D eigenvalue weighted by Crippen LogP contribution is 2.25. The van der Waals surface area contributed by atoms with Gasteiger partial charge < -0.3 is 23.7 Å². The third-order valence-corrected chi connectivity index (χ3v) is 4.08. The standard InChI is InChI=1S/C21H38O5/c1-5-9-13-22-17-20-18(23-14-10-6-2)16-19(24-15-11-7-3)21(26-20)25-12-8-4/h8,16,19-21H,4-7,9-15,17H2,1-3H3. The van der Waals surface area contributed by atoms with Crippen LogP contribution in [0.2, 0.25) is 0 Å². The molecule has 0 aromatic rings. The van der Waals surface area contributed by atoms with Gasteiger partial charge in [-0.15, -0.1) is 6.58 Å². The number of unbranched alkanes of at least 4 members (excludes halogenated alkanes) is 3. The molecule has 0 fully saturated rings. The van der Waals surface area contributed by atoms with Crippen LogP contribution in [0, 0.1) is 0 Å². The lowest BCUT2D eigenvalue weighted by atomic mass is 10.1. The summed E-state index contributed by atoms with van der Waals surface area (Å²) in [5, 5.41) is 0. The molecular weight excluding hydrogens is 332 g/mol. The van der Waals surface area contributed by atoms with Crippen molar-refractivity contribution in [2.45, 2.75) is 77.8 Å². The van der Waals surface area contributed by atoms with E-state index in [1.54, 1.807) is 6.08 Å². The number of hydrogen-bond donors (Lipinski definition) is 0. The summed E-state index contributed by atoms with van der Waals surface area (Å²) in [4.78, 5) is 0. The van der Waals surface area contributed by atoms with E-state index in [0.717, 1.165) is 50.9 Å². The first kappa shape index (κ1) is 23.2. The van der Waals surface area contributed by atoms with Crippen LogP contribution < -0.4 is 0 Å². The molecule has 1 heterocycles. The normalized spacial score (nSPS) is 22.9. The molecule has 1 rings (SSSR count). The van der Waals surface area contributed by atoms with Crippen LogP contribution in [0.25, 0.3) is 0 Å². The summed E-state index contributed by atoms with van der Waals surface area (Å²) >= 11 is 0. The SMILES string of the molecule is C=CCOC1OC(COCCCC)C(OCCCC)=CC1OCCCC. The predicted octanol–water partition coefficient (Wildman–Crippen LogP) is 4.62. The first-order chi connectivity index (χ1) is 12.8. The highest BCUT2D eigenvalue weighted by atomic mass is 16.7. The molecule has 0 aromatic heterocycles. The zero-order chi connectivity index (χ0) is 19.0. The second-order valence-electron chi connectivity index (χ2n) is 6.50. The summed E-state index contributed by atoms with van der Waals surface area (Å²) in [6, 6.07) is 0. The topological polar surface area (TPSA) is 46.2 Å². The number of rotatable bonds is 16. The molecule has 0 radical (unpaired) electrons. The lowest BCUT2D eigenvalue weighted by Gasteiger charge is -2.35. The Labute approximate surface area is 159 Å². The third kappa shape index (κ3) is 9.17. The fraction of sp³-hybridized carbons (Fsp3) is 0.810. The number of ether oxygens (including phenoxy) is 5. The molecule has 0 amide bonds. The molecule has 1 aliphatic heterocycles. The second-order valence-corrected chi connectivity index (χ2v) is 6.50. The van der Waals surface area contributed by atoms with Gasteiger partial charge in [0.1, 0.15) is 18.0 Å². The Bertz CT molecular complexity index is 383. The zero-order valence-electron chi connectivity index (χ0n) is 16.9. The van der Waals surface area contributed by atoms with Crippen LogP contribution in [0.3, 0.4) is 0 Å². The smallest absolute Gasteiger partial charge is 0.188 e. The summed E-state index contributed by atoms with van der Waals surface area (Å²) < 4.78 is 29.7. The van der Waals surface area contributed by atoms with E-state index in [2.05, 4.69) is 27.4 Å². The maximum absolute atomic E-state index is 6.14. The molecular formula is C21H38O5. The highest BCUT2D eigenvalue weighted by molar-refractivity contribution is 5.09. The van der Waals surface area contributed by atoms with E-state index in [1.165, 1.54) is 0 Å². The summed E-state index contributed by atoms with van der Waals surface area (Å²) in [6.07, 6.45) is 9.08. The van der Waals surface area contributed by atoms with Gasteiger partial charge >= 0.3 is 0 Å². The molecule has 5 nitrogen and oxygen atoms in total. The van der Waals surface area contributed by atoms with Gasteiger partial charge in [0.25, 0.3) is 0 Å². The Morgan fingerprint density at radius 3 is 2.38 bits per heavy atom. The van der Waals surface area contributed by atoms with E-state index in [4.69, 9.17) is 23.7 Å². The fourth-order valence-electron chi connectivity index (χ4n) is 2.48. The fourth-order valence-corrected chi connectivity index (χ4v) is 2.48. The van der Waals surface area contributed by atoms with Gasteiger partial charge in [0.2, 0.25) is 0 Å². The largest absolute Gasteiger partial charge is 0.495 e. The van der Waals surface area contributed by atoms with Crippen molar-refractivity contribution in [2.75, 3.05) is 33.0 Å². The van der Waals surface area contributed by atoms with Gasteiger partial charge in [-0.2, -0.15) is 0 Å². The average molecular weight is 371 g/mol. The average Bonchev–Trinajstić information content (AvgIpc) is 2.65. The zero-order valence-corrected chi connectivity index (χ0v) is 16.9. The van der Waals surface area contributed by atoms with E-state index in [0.29, 0.717) is 26.4 Å². The van der Waals surface area contributed by atoms with Crippen molar-refractivity contribution < 1.29 is 23.7 Å². The minimum Gasteiger partial charge on any atom is -0.495 e. The minimum atomic E-state index is -0.469. The summed E-state index contributed by atoms with van der Waals surface area (Å²) in [5.74, 6) is 0.801. The molecule has 0 saturated carbocycles. The minimum absolute atomic E-state index is 0.260. The Balaban J connectivity index is 2.76. The quantitative estimate of drug-likeness (QED) is 0.293. The molecule has 3 atom stereocenters. The highest BCUT2D eigenvalue weighted by Gasteiger charge is 2.34. The lowest BCUT2D eigenvalue weighted by Crippen LogP contribution is -2.43. The Kier molecular flexibility index (Phi) is 13.5. The summed E-state index contributed by atoms with van der Waals surface area (Å²) in [7, 11) is 0. The first-order valence-corrected chi connectivity index (χ1v) is 10.2. The van der Waals surface area contributed by atoms with E-state index in [-0.39, 0.29) is 12.2 Å². The molecule has 1 aliphatic rings. The molecule has 26 heavy (non-hydrogen) atoms. The third-order valence-electron chi connectivity index (χ3n) is 4.08. The van der Waals surface area contributed by atoms with Gasteiger partial charge in [-0.3, -0.25) is 0 Å². The van der Waals surface area contributed by atoms with Crippen LogP contribution >= 0.6 is 0 Å². The molecule has 3 unspecified atom stereocenters. The van der Waals surface area contributed by atoms with Crippen molar-refractivity contribution in [3.63, 3.8) is 0 Å². The van der Waals surface area contributed by atoms with Gasteiger partial charge in [0, 0.05) is 13.2 Å². The maximum atomic E-state index is 6.14. The van der Waals surface area contributed by atoms with E-state index < -0.39 is 6.29 Å². The molecule has 0 saturated heterocycles. The van der Waals surface area contributed by atoms with Crippen LogP contribution in [0.15, 0.2) is 24.5 Å². The summed E-state index contributed by atoms with van der Waals surface area (Å²) in [6.45, 7) is 13.1. The predicted molar refractivity (Wildman–Crippen MR) is 104 cm³/mol. The monoisotopic (exact) mass is 370 g/mol. The van der Waals surface area contributed by atoms with Gasteiger partial charge in [-0.25, -0.2) is 0 Å². The van der Waals surface area contributed by atoms with Gasteiger partial charge in [-0.1, -0.05) is 46.1 Å². The second kappa shape index (κ2) is 15.2. The van der Waals surface area contributed by atoms with Crippen molar-refractivity contribution in [1.29, 1.82) is 0 Å². The maximum Gasteiger partial charge on any atom is 0.188 e. The van der Waals surface area contributed by atoms with Crippen molar-refractivity contribution in [1.82, 2.24) is 0 Å². The van der Waals surface area contributed by atoms with Crippen molar-refractivity contribution in [2.24, 2.45) is 0 Å². The van der Waals surface area contributed by atoms with Crippen LogP contribution in [-0.4, -0.2) is 51.5 Å². The van der Waals surface area contributed by atoms with E-state index in [9.17, 15) is 0 Å². The van der Waals surface area contributed by atoms with E-state index in [1.807, 2.05) is 6.08 Å². The molecule has 5 heteroatoms. The molecule has 0 spiro atoms. The van der Waals surface area contributed by atoms with Gasteiger partial charge in [-0.05, 0) is 25.3 Å². The van der Waals surface area contributed by atoms with Crippen LogP contribution in [0.4, 0.5) is 0 Å². The summed E-state index contributed by atoms with van der Waals surface area (Å²) in [5.41, 5.74) is 0. The van der Waals surface area contributed by atoms with Gasteiger partial charge in [0.15, 0.2) is 6.29 Å². The van der Waals surface area contributed by atoms with Crippen molar-refractivity contribution >= 4 is 0 Å². The molecule has 152 valence electrons. The number of hydrogen-bond acceptors (Lipinski definition) is 5. The van der Waals surface area contributed by atoms with Crippen molar-refractivity contribution in [3.05, 3.63) is 24.5 Å².